The van der Waals surface area contributed by atoms with Gasteiger partial charge in [-0.05, 0) is 25.1 Å². The Bertz CT molecular complexity index is 584. The summed E-state index contributed by atoms with van der Waals surface area (Å²) in [7, 11) is 1.91. The first-order valence-corrected chi connectivity index (χ1v) is 6.86. The van der Waals surface area contributed by atoms with Crippen LogP contribution in [-0.2, 0) is 11.2 Å². The van der Waals surface area contributed by atoms with Crippen LogP contribution in [0.15, 0.2) is 22.9 Å². The van der Waals surface area contributed by atoms with E-state index >= 15 is 0 Å². The molecule has 2 unspecified atom stereocenters. The maximum atomic E-state index is 5.47. The Morgan fingerprint density at radius 1 is 1.40 bits per heavy atom. The zero-order valence-electron chi connectivity index (χ0n) is 11.7. The van der Waals surface area contributed by atoms with E-state index in [1.807, 2.05) is 19.2 Å². The molecular formula is C14H18N4O2. The van der Waals surface area contributed by atoms with Gasteiger partial charge in [0.15, 0.2) is 0 Å². The first-order chi connectivity index (χ1) is 9.83. The van der Waals surface area contributed by atoms with E-state index in [9.17, 15) is 0 Å². The van der Waals surface area contributed by atoms with Crippen molar-refractivity contribution in [1.29, 1.82) is 0 Å². The molecule has 1 fully saturated rings. The average Bonchev–Trinajstić information content (AvgIpc) is 3.15. The van der Waals surface area contributed by atoms with Crippen LogP contribution in [0.4, 0.5) is 0 Å². The monoisotopic (exact) mass is 274 g/mol. The molecule has 106 valence electrons. The molecule has 0 spiro atoms. The summed E-state index contributed by atoms with van der Waals surface area (Å²) in [6.45, 7) is 3.36. The molecule has 1 saturated heterocycles. The van der Waals surface area contributed by atoms with Gasteiger partial charge in [-0.15, -0.1) is 0 Å². The largest absolute Gasteiger partial charge is 0.379 e. The lowest BCUT2D eigenvalue weighted by Gasteiger charge is -2.11. The second-order valence-electron chi connectivity index (χ2n) is 4.86. The zero-order valence-corrected chi connectivity index (χ0v) is 11.7. The molecule has 0 bridgehead atoms. The van der Waals surface area contributed by atoms with Crippen molar-refractivity contribution in [3.63, 3.8) is 0 Å². The molecule has 6 heteroatoms. The minimum Gasteiger partial charge on any atom is -0.379 e. The van der Waals surface area contributed by atoms with Gasteiger partial charge in [0.05, 0.1) is 19.1 Å². The van der Waals surface area contributed by atoms with Crippen molar-refractivity contribution >= 4 is 0 Å². The number of likely N-dealkylation sites (N-methyl/N-ethyl adjacent to an activating group) is 1. The van der Waals surface area contributed by atoms with Gasteiger partial charge in [0.25, 0.3) is 0 Å². The van der Waals surface area contributed by atoms with Crippen molar-refractivity contribution in [2.24, 2.45) is 0 Å². The summed E-state index contributed by atoms with van der Waals surface area (Å²) in [5.41, 5.74) is 1.91. The maximum Gasteiger partial charge on any atom is 0.234 e. The van der Waals surface area contributed by atoms with Crippen LogP contribution in [0.1, 0.15) is 24.3 Å². The molecule has 1 N–H and O–H groups in total. The predicted molar refractivity (Wildman–Crippen MR) is 73.3 cm³/mol. The van der Waals surface area contributed by atoms with Gasteiger partial charge in [-0.25, -0.2) is 0 Å². The van der Waals surface area contributed by atoms with Crippen molar-refractivity contribution in [3.8, 4) is 11.5 Å². The van der Waals surface area contributed by atoms with Gasteiger partial charge in [-0.1, -0.05) is 18.1 Å². The highest BCUT2D eigenvalue weighted by Gasteiger charge is 2.33. The van der Waals surface area contributed by atoms with Gasteiger partial charge in [0.2, 0.25) is 11.7 Å². The number of hydrogen-bond acceptors (Lipinski definition) is 6. The van der Waals surface area contributed by atoms with Crippen molar-refractivity contribution in [3.05, 3.63) is 29.8 Å². The number of rotatable bonds is 4. The maximum absolute atomic E-state index is 5.47. The van der Waals surface area contributed by atoms with Crippen LogP contribution in [0.5, 0.6) is 0 Å². The number of aromatic nitrogens is 3. The molecule has 0 amide bonds. The Balaban J connectivity index is 1.90. The zero-order chi connectivity index (χ0) is 13.9. The lowest BCUT2D eigenvalue weighted by atomic mass is 10.0. The van der Waals surface area contributed by atoms with E-state index < -0.39 is 0 Å². The molecule has 2 aromatic heterocycles. The Hall–Kier alpha value is -1.79. The molecule has 3 heterocycles. The van der Waals surface area contributed by atoms with E-state index in [1.165, 1.54) is 0 Å². The number of nitrogens with one attached hydrogen (secondary N) is 1. The predicted octanol–water partition coefficient (Wildman–Crippen LogP) is 1.40. The summed E-state index contributed by atoms with van der Waals surface area (Å²) < 4.78 is 10.9. The standard InChI is InChI=1S/C14H18N4O2/c1-3-9-5-4-6-16-12(9)13-17-14(20-18-13)10-7-19-8-11(10)15-2/h4-6,10-11,15H,3,7-8H2,1-2H3. The second kappa shape index (κ2) is 5.68. The molecule has 1 aliphatic heterocycles. The van der Waals surface area contributed by atoms with Gasteiger partial charge in [-0.3, -0.25) is 4.98 Å². The third-order valence-electron chi connectivity index (χ3n) is 3.69. The first-order valence-electron chi connectivity index (χ1n) is 6.86. The average molecular weight is 274 g/mol. The smallest absolute Gasteiger partial charge is 0.234 e. The minimum atomic E-state index is 0.107. The molecule has 20 heavy (non-hydrogen) atoms. The van der Waals surface area contributed by atoms with Gasteiger partial charge in [-0.2, -0.15) is 4.98 Å². The van der Waals surface area contributed by atoms with Gasteiger partial charge >= 0.3 is 0 Å². The van der Waals surface area contributed by atoms with Crippen LogP contribution >= 0.6 is 0 Å². The van der Waals surface area contributed by atoms with Crippen molar-refractivity contribution in [1.82, 2.24) is 20.4 Å². The topological polar surface area (TPSA) is 73.1 Å². The van der Waals surface area contributed by atoms with Crippen LogP contribution in [0.25, 0.3) is 11.5 Å². The Labute approximate surface area is 117 Å². The normalized spacial score (nSPS) is 22.3. The minimum absolute atomic E-state index is 0.107. The molecule has 0 aromatic carbocycles. The van der Waals surface area contributed by atoms with Crippen molar-refractivity contribution in [2.45, 2.75) is 25.3 Å². The number of pyridine rings is 1. The highest BCUT2D eigenvalue weighted by atomic mass is 16.5. The third-order valence-corrected chi connectivity index (χ3v) is 3.69. The van der Waals surface area contributed by atoms with Crippen LogP contribution < -0.4 is 5.32 Å². The SMILES string of the molecule is CCc1cccnc1-c1noc(C2COCC2NC)n1. The molecule has 6 nitrogen and oxygen atoms in total. The summed E-state index contributed by atoms with van der Waals surface area (Å²) in [6.07, 6.45) is 2.64. The van der Waals surface area contributed by atoms with Gasteiger partial charge < -0.3 is 14.6 Å². The number of ether oxygens (including phenoxy) is 1. The first kappa shape index (κ1) is 13.2. The van der Waals surface area contributed by atoms with Gasteiger partial charge in [0, 0.05) is 12.2 Å². The molecule has 0 aliphatic carbocycles. The van der Waals surface area contributed by atoms with Crippen molar-refractivity contribution < 1.29 is 9.26 Å². The summed E-state index contributed by atoms with van der Waals surface area (Å²) in [4.78, 5) is 8.88. The van der Waals surface area contributed by atoms with Crippen LogP contribution in [0.3, 0.4) is 0 Å². The summed E-state index contributed by atoms with van der Waals surface area (Å²) in [5, 5.41) is 7.29. The fourth-order valence-corrected chi connectivity index (χ4v) is 2.49. The van der Waals surface area contributed by atoms with Crippen LogP contribution in [0, 0.1) is 0 Å². The molecule has 0 radical (unpaired) electrons. The second-order valence-corrected chi connectivity index (χ2v) is 4.86. The van der Waals surface area contributed by atoms with E-state index in [2.05, 4.69) is 27.4 Å². The molecule has 0 saturated carbocycles. The van der Waals surface area contributed by atoms with Crippen LogP contribution in [0.2, 0.25) is 0 Å². The van der Waals surface area contributed by atoms with Crippen LogP contribution in [-0.4, -0.2) is 41.4 Å². The quantitative estimate of drug-likeness (QED) is 0.908. The molecular weight excluding hydrogens is 256 g/mol. The van der Waals surface area contributed by atoms with E-state index in [0.29, 0.717) is 24.9 Å². The van der Waals surface area contributed by atoms with E-state index in [4.69, 9.17) is 9.26 Å². The Morgan fingerprint density at radius 3 is 3.10 bits per heavy atom. The van der Waals surface area contributed by atoms with Gasteiger partial charge in [0.1, 0.15) is 5.69 Å². The highest BCUT2D eigenvalue weighted by Crippen LogP contribution is 2.26. The lowest BCUT2D eigenvalue weighted by molar-refractivity contribution is 0.185. The summed E-state index contributed by atoms with van der Waals surface area (Å²) in [6, 6.07) is 4.18. The Kier molecular flexibility index (Phi) is 3.75. The summed E-state index contributed by atoms with van der Waals surface area (Å²) in [5.74, 6) is 1.28. The molecule has 2 atom stereocenters. The highest BCUT2D eigenvalue weighted by molar-refractivity contribution is 5.53. The lowest BCUT2D eigenvalue weighted by Crippen LogP contribution is -2.31. The molecule has 2 aromatic rings. The third kappa shape index (κ3) is 2.32. The Morgan fingerprint density at radius 2 is 2.30 bits per heavy atom. The fraction of sp³-hybridized carbons (Fsp3) is 0.500. The molecule has 3 rings (SSSR count). The summed E-state index contributed by atoms with van der Waals surface area (Å²) >= 11 is 0. The number of hydrogen-bond donors (Lipinski definition) is 1. The molecule has 1 aliphatic rings. The van der Waals surface area contributed by atoms with E-state index in [1.54, 1.807) is 6.20 Å². The van der Waals surface area contributed by atoms with E-state index in [-0.39, 0.29) is 12.0 Å². The number of nitrogens with zero attached hydrogens (tertiary/aromatic N) is 3. The van der Waals surface area contributed by atoms with Crippen molar-refractivity contribution in [2.75, 3.05) is 20.3 Å². The van der Waals surface area contributed by atoms with E-state index in [0.717, 1.165) is 17.7 Å². The number of aryl methyl sites for hydroxylation is 1. The fourth-order valence-electron chi connectivity index (χ4n) is 2.49.